The van der Waals surface area contributed by atoms with Crippen molar-refractivity contribution in [1.82, 2.24) is 10.2 Å². The number of aliphatic hydroxyl groups is 3. The maximum atomic E-state index is 12.9. The first kappa shape index (κ1) is 42.4. The Bertz CT molecular complexity index is 794. The number of likely N-dealkylation sites (N-methyl/N-ethyl adjacent to an activating group) is 1. The van der Waals surface area contributed by atoms with Crippen molar-refractivity contribution < 1.29 is 34.8 Å². The number of carbonyl (C=O) groups excluding carboxylic acids is 1. The Morgan fingerprint density at radius 1 is 0.889 bits per heavy atom. The largest absolute Gasteiger partial charge is 0.481 e. The number of nitrogens with zero attached hydrogens (tertiary/aromatic N) is 1. The highest BCUT2D eigenvalue weighted by molar-refractivity contribution is 7.99. The summed E-state index contributed by atoms with van der Waals surface area (Å²) in [6, 6.07) is -0.934. The third-order valence-corrected chi connectivity index (χ3v) is 10.3. The summed E-state index contributed by atoms with van der Waals surface area (Å²) in [7, 11) is 1.94. The van der Waals surface area contributed by atoms with E-state index < -0.39 is 47.2 Å². The smallest absolute Gasteiger partial charge is 0.303 e. The zero-order valence-electron chi connectivity index (χ0n) is 28.7. The molecule has 5 N–H and O–H groups in total. The van der Waals surface area contributed by atoms with E-state index in [1.807, 2.05) is 11.9 Å². The standard InChI is InChI=1S/C18H33ClN2O5S.C16H32O2/c1-5-6-10-7-11(21(3)8-10)17(25)20-12(9(2)19)16-14(23)13(22)15(24)18(26-16)27-4;1-2-3-4-5-6-7-8-9-10-11-12-13-14-15-16(17)18/h9-16,18,22-24H,5-8H2,1-4H3,(H,20,25);2-15H2,1H3,(H,17,18)/t9-,10+,11-,12+,13-,14+,15+,16+,18+;/m0./s1. The monoisotopic (exact) mass is 680 g/mol. The van der Waals surface area contributed by atoms with Gasteiger partial charge in [-0.05, 0) is 45.4 Å². The number of thioether (sulfide) groups is 1. The van der Waals surface area contributed by atoms with Crippen LogP contribution in [0, 0.1) is 5.92 Å². The van der Waals surface area contributed by atoms with Gasteiger partial charge >= 0.3 is 5.97 Å². The lowest BCUT2D eigenvalue weighted by Gasteiger charge is -2.44. The number of carboxylic acid groups (broad SMARTS) is 1. The van der Waals surface area contributed by atoms with E-state index in [2.05, 4.69) is 19.2 Å². The number of aliphatic carboxylic acids is 1. The SMILES string of the molecule is CCCCCCCCCCCCCCCC(=O)O.CCC[C@@H]1C[C@@H](C(=O)N[C@@H]([C@H]2O[C@H](SC)[C@H](O)[C@@H](O)[C@H]2O)[C@H](C)Cl)N(C)C1. The minimum Gasteiger partial charge on any atom is -0.481 e. The van der Waals surface area contributed by atoms with Crippen molar-refractivity contribution in [2.24, 2.45) is 5.92 Å². The minimum atomic E-state index is -1.36. The molecule has 11 heteroatoms. The van der Waals surface area contributed by atoms with E-state index in [1.54, 1.807) is 13.2 Å². The summed E-state index contributed by atoms with van der Waals surface area (Å²) in [4.78, 5) is 25.3. The normalized spacial score (nSPS) is 28.2. The van der Waals surface area contributed by atoms with Crippen molar-refractivity contribution in [3.05, 3.63) is 0 Å². The highest BCUT2D eigenvalue weighted by Crippen LogP contribution is 2.31. The molecule has 0 aromatic heterocycles. The van der Waals surface area contributed by atoms with Crippen molar-refractivity contribution in [3.63, 3.8) is 0 Å². The Labute approximate surface area is 282 Å². The first-order chi connectivity index (χ1) is 21.5. The van der Waals surface area contributed by atoms with E-state index in [9.17, 15) is 24.9 Å². The van der Waals surface area contributed by atoms with Gasteiger partial charge in [0, 0.05) is 13.0 Å². The van der Waals surface area contributed by atoms with Gasteiger partial charge < -0.3 is 30.5 Å². The Balaban J connectivity index is 0.000000492. The fourth-order valence-corrected chi connectivity index (χ4v) is 7.29. The number of halogens is 1. The van der Waals surface area contributed by atoms with Gasteiger partial charge in [0.05, 0.1) is 17.5 Å². The number of hydrogen-bond donors (Lipinski definition) is 5. The number of rotatable bonds is 21. The van der Waals surface area contributed by atoms with Gasteiger partial charge in [-0.15, -0.1) is 23.4 Å². The zero-order chi connectivity index (χ0) is 33.8. The first-order valence-electron chi connectivity index (χ1n) is 17.6. The Hall–Kier alpha value is -0.620. The van der Waals surface area contributed by atoms with E-state index >= 15 is 0 Å². The van der Waals surface area contributed by atoms with Crippen LogP contribution in [0.3, 0.4) is 0 Å². The second kappa shape index (κ2) is 24.5. The molecule has 0 aliphatic carbocycles. The first-order valence-corrected chi connectivity index (χ1v) is 19.3. The Morgan fingerprint density at radius 2 is 1.42 bits per heavy atom. The average Bonchev–Trinajstić information content (AvgIpc) is 3.37. The fraction of sp³-hybridized carbons (Fsp3) is 0.941. The fourth-order valence-electron chi connectivity index (χ4n) is 6.41. The number of carbonyl (C=O) groups is 2. The van der Waals surface area contributed by atoms with Crippen molar-refractivity contribution in [2.45, 2.75) is 177 Å². The Kier molecular flexibility index (Phi) is 23.1. The van der Waals surface area contributed by atoms with Crippen LogP contribution in [-0.2, 0) is 14.3 Å². The molecule has 2 aliphatic heterocycles. The summed E-state index contributed by atoms with van der Waals surface area (Å²) < 4.78 is 5.79. The molecule has 9 atom stereocenters. The van der Waals surface area contributed by atoms with Crippen LogP contribution in [0.2, 0.25) is 0 Å². The number of unbranched alkanes of at least 4 members (excludes halogenated alkanes) is 12. The zero-order valence-corrected chi connectivity index (χ0v) is 30.2. The average molecular weight is 681 g/mol. The van der Waals surface area contributed by atoms with E-state index in [0.717, 1.165) is 38.6 Å². The van der Waals surface area contributed by atoms with Crippen molar-refractivity contribution in [2.75, 3.05) is 19.8 Å². The maximum Gasteiger partial charge on any atom is 0.303 e. The van der Waals surface area contributed by atoms with E-state index in [4.69, 9.17) is 21.4 Å². The van der Waals surface area contributed by atoms with Crippen molar-refractivity contribution in [1.29, 1.82) is 0 Å². The minimum absolute atomic E-state index is 0.147. The summed E-state index contributed by atoms with van der Waals surface area (Å²) in [5, 5.41) is 41.5. The van der Waals surface area contributed by atoms with Gasteiger partial charge in [0.25, 0.3) is 0 Å². The van der Waals surface area contributed by atoms with Gasteiger partial charge in [0.15, 0.2) is 0 Å². The van der Waals surface area contributed by atoms with Crippen LogP contribution in [0.25, 0.3) is 0 Å². The summed E-state index contributed by atoms with van der Waals surface area (Å²) in [5.74, 6) is -0.305. The van der Waals surface area contributed by atoms with Gasteiger partial charge in [-0.3, -0.25) is 14.5 Å². The molecule has 0 unspecified atom stereocenters. The summed E-state index contributed by atoms with van der Waals surface area (Å²) >= 11 is 7.55. The predicted octanol–water partition coefficient (Wildman–Crippen LogP) is 5.94. The van der Waals surface area contributed by atoms with Gasteiger partial charge in [-0.25, -0.2) is 0 Å². The molecule has 0 saturated carbocycles. The molecule has 2 heterocycles. The van der Waals surface area contributed by atoms with E-state index in [-0.39, 0.29) is 11.9 Å². The lowest BCUT2D eigenvalue weighted by Crippen LogP contribution is -2.65. The van der Waals surface area contributed by atoms with Crippen LogP contribution < -0.4 is 5.32 Å². The molecule has 1 amide bonds. The number of alkyl halides is 1. The van der Waals surface area contributed by atoms with Gasteiger partial charge in [-0.2, -0.15) is 0 Å². The lowest BCUT2D eigenvalue weighted by molar-refractivity contribution is -0.205. The summed E-state index contributed by atoms with van der Waals surface area (Å²) in [6.45, 7) is 7.00. The molecule has 2 saturated heterocycles. The lowest BCUT2D eigenvalue weighted by atomic mass is 9.92. The molecule has 0 spiro atoms. The molecule has 0 aromatic carbocycles. The summed E-state index contributed by atoms with van der Waals surface area (Å²) in [5.41, 5.74) is -0.702. The molecule has 45 heavy (non-hydrogen) atoms. The van der Waals surface area contributed by atoms with Crippen molar-refractivity contribution >= 4 is 35.2 Å². The molecule has 2 fully saturated rings. The quantitative estimate of drug-likeness (QED) is 0.0736. The second-order valence-corrected chi connectivity index (χ2v) is 14.7. The maximum absolute atomic E-state index is 12.9. The van der Waals surface area contributed by atoms with Gasteiger partial charge in [0.2, 0.25) is 5.91 Å². The molecule has 0 bridgehead atoms. The number of carboxylic acids is 1. The van der Waals surface area contributed by atoms with E-state index in [1.165, 1.54) is 82.4 Å². The molecule has 9 nitrogen and oxygen atoms in total. The third kappa shape index (κ3) is 16.4. The van der Waals surface area contributed by atoms with Crippen LogP contribution in [0.15, 0.2) is 0 Å². The predicted molar refractivity (Wildman–Crippen MR) is 185 cm³/mol. The molecule has 2 rings (SSSR count). The van der Waals surface area contributed by atoms with Crippen LogP contribution in [0.5, 0.6) is 0 Å². The summed E-state index contributed by atoms with van der Waals surface area (Å²) in [6.07, 6.45) is 17.2. The van der Waals surface area contributed by atoms with Crippen LogP contribution in [-0.4, -0.2) is 104 Å². The molecule has 2 aliphatic rings. The topological polar surface area (TPSA) is 140 Å². The molecule has 266 valence electrons. The van der Waals surface area contributed by atoms with Crippen LogP contribution >= 0.6 is 23.4 Å². The molecular weight excluding hydrogens is 616 g/mol. The molecule has 0 aromatic rings. The highest BCUT2D eigenvalue weighted by atomic mass is 35.5. The van der Waals surface area contributed by atoms with E-state index in [0.29, 0.717) is 12.3 Å². The van der Waals surface area contributed by atoms with Gasteiger partial charge in [-0.1, -0.05) is 97.3 Å². The number of amides is 1. The number of hydrogen-bond acceptors (Lipinski definition) is 8. The molecule has 0 radical (unpaired) electrons. The highest BCUT2D eigenvalue weighted by Gasteiger charge is 2.48. The number of nitrogens with one attached hydrogen (secondary N) is 1. The van der Waals surface area contributed by atoms with Crippen molar-refractivity contribution in [3.8, 4) is 0 Å². The number of aliphatic hydroxyl groups excluding tert-OH is 3. The number of ether oxygens (including phenoxy) is 1. The number of likely N-dealkylation sites (tertiary alicyclic amines) is 1. The third-order valence-electron chi connectivity index (χ3n) is 9.13. The Morgan fingerprint density at radius 3 is 1.89 bits per heavy atom. The molecular formula is C34H65ClN2O7S. The van der Waals surface area contributed by atoms with Crippen LogP contribution in [0.4, 0.5) is 0 Å². The van der Waals surface area contributed by atoms with Crippen LogP contribution in [0.1, 0.15) is 130 Å². The van der Waals surface area contributed by atoms with Gasteiger partial charge in [0.1, 0.15) is 29.9 Å². The second-order valence-electron chi connectivity index (χ2n) is 13.1.